The number of anilines is 1. The van der Waals surface area contributed by atoms with Gasteiger partial charge in [0.2, 0.25) is 5.91 Å². The first kappa shape index (κ1) is 31.9. The van der Waals surface area contributed by atoms with E-state index in [1.165, 1.54) is 24.3 Å². The van der Waals surface area contributed by atoms with Crippen LogP contribution in [0.25, 0.3) is 0 Å². The Balaban J connectivity index is 1.55. The smallest absolute Gasteiger partial charge is 0.453 e. The fourth-order valence-electron chi connectivity index (χ4n) is 3.45. The van der Waals surface area contributed by atoms with Gasteiger partial charge in [-0.3, -0.25) is 14.4 Å². The van der Waals surface area contributed by atoms with Crippen LogP contribution < -0.4 is 25.0 Å². The van der Waals surface area contributed by atoms with Crippen molar-refractivity contribution in [1.82, 2.24) is 10.6 Å². The molecule has 1 aliphatic rings. The average Bonchev–Trinajstić information content (AvgIpc) is 2.87. The van der Waals surface area contributed by atoms with Gasteiger partial charge in [0.05, 0.1) is 17.3 Å². The van der Waals surface area contributed by atoms with Crippen LogP contribution in [-0.2, 0) is 14.4 Å². The molecule has 1 atom stereocenters. The number of amides is 3. The molecule has 0 saturated carbocycles. The summed E-state index contributed by atoms with van der Waals surface area (Å²) < 4.78 is 89.3. The minimum atomic E-state index is -5.96. The molecule has 0 bridgehead atoms. The highest BCUT2D eigenvalue weighted by Gasteiger charge is 2.59. The van der Waals surface area contributed by atoms with Crippen molar-refractivity contribution in [3.63, 3.8) is 0 Å². The SMILES string of the molecule is C=C(CCNC(=O)COc1ccc(Cl)c(F)c1)NC(=O)C1CN(C(=O)CC(F)(F)C(F)(F)F)c2cc(Cl)ccc2O1. The maximum Gasteiger partial charge on any atom is 0.453 e. The summed E-state index contributed by atoms with van der Waals surface area (Å²) >= 11 is 11.5. The first-order valence-electron chi connectivity index (χ1n) is 11.6. The summed E-state index contributed by atoms with van der Waals surface area (Å²) in [6.07, 6.45) is -9.64. The predicted molar refractivity (Wildman–Crippen MR) is 136 cm³/mol. The highest BCUT2D eigenvalue weighted by Crippen LogP contribution is 2.41. The van der Waals surface area contributed by atoms with E-state index in [4.69, 9.17) is 32.7 Å². The summed E-state index contributed by atoms with van der Waals surface area (Å²) in [5.41, 5.74) is -0.0994. The zero-order chi connectivity index (χ0) is 30.5. The van der Waals surface area contributed by atoms with Crippen LogP contribution >= 0.6 is 23.2 Å². The summed E-state index contributed by atoms with van der Waals surface area (Å²) in [5.74, 6) is -9.17. The second-order valence-corrected chi connectivity index (χ2v) is 9.50. The van der Waals surface area contributed by atoms with E-state index in [1.807, 2.05) is 0 Å². The molecule has 3 rings (SSSR count). The number of alkyl halides is 5. The number of hydrogen-bond acceptors (Lipinski definition) is 5. The summed E-state index contributed by atoms with van der Waals surface area (Å²) in [5, 5.41) is 4.79. The monoisotopic (exact) mass is 627 g/mol. The standard InChI is InChI=1S/C25H21Cl2F6N3O5/c1-13(6-7-34-21(37)12-40-15-3-4-16(27)17(28)9-15)35-23(39)20-11-36(18-8-14(26)2-5-19(18)41-20)22(38)10-24(29,30)25(31,32)33/h2-5,8-9,20H,1,6-7,10-12H2,(H,34,37)(H,35,39). The van der Waals surface area contributed by atoms with Gasteiger partial charge in [-0.25, -0.2) is 4.39 Å². The lowest BCUT2D eigenvalue weighted by atomic mass is 10.1. The maximum atomic E-state index is 13.6. The number of ether oxygens (including phenoxy) is 2. The van der Waals surface area contributed by atoms with Crippen molar-refractivity contribution in [1.29, 1.82) is 0 Å². The van der Waals surface area contributed by atoms with E-state index in [1.54, 1.807) is 0 Å². The Morgan fingerprint density at radius 2 is 1.80 bits per heavy atom. The molecule has 0 aromatic heterocycles. The van der Waals surface area contributed by atoms with Gasteiger partial charge < -0.3 is 25.0 Å². The molecule has 1 heterocycles. The van der Waals surface area contributed by atoms with Crippen molar-refractivity contribution in [2.75, 3.05) is 24.6 Å². The van der Waals surface area contributed by atoms with E-state index in [-0.39, 0.29) is 45.9 Å². The topological polar surface area (TPSA) is 97.0 Å². The third-order valence-corrected chi connectivity index (χ3v) is 6.06. The Morgan fingerprint density at radius 3 is 2.46 bits per heavy atom. The van der Waals surface area contributed by atoms with Gasteiger partial charge in [-0.1, -0.05) is 29.8 Å². The molecule has 0 aliphatic carbocycles. The number of nitrogens with zero attached hydrogens (tertiary/aromatic N) is 1. The summed E-state index contributed by atoms with van der Waals surface area (Å²) in [6, 6.07) is 7.29. The van der Waals surface area contributed by atoms with Crippen LogP contribution in [0.2, 0.25) is 10.0 Å². The Morgan fingerprint density at radius 1 is 1.10 bits per heavy atom. The van der Waals surface area contributed by atoms with Crippen molar-refractivity contribution in [3.05, 3.63) is 64.5 Å². The number of hydrogen-bond donors (Lipinski definition) is 2. The van der Waals surface area contributed by atoms with E-state index < -0.39 is 61.3 Å². The fourth-order valence-corrected chi connectivity index (χ4v) is 3.73. The molecule has 16 heteroatoms. The zero-order valence-electron chi connectivity index (χ0n) is 20.8. The maximum absolute atomic E-state index is 13.6. The Kier molecular flexibility index (Phi) is 10.0. The van der Waals surface area contributed by atoms with Gasteiger partial charge in [-0.05, 0) is 30.3 Å². The predicted octanol–water partition coefficient (Wildman–Crippen LogP) is 5.03. The van der Waals surface area contributed by atoms with Crippen LogP contribution in [0.5, 0.6) is 11.5 Å². The normalized spacial score (nSPS) is 14.9. The molecule has 1 aliphatic heterocycles. The van der Waals surface area contributed by atoms with E-state index in [0.717, 1.165) is 12.1 Å². The molecule has 2 N–H and O–H groups in total. The molecule has 41 heavy (non-hydrogen) atoms. The van der Waals surface area contributed by atoms with Crippen molar-refractivity contribution in [2.24, 2.45) is 0 Å². The number of carbonyl (C=O) groups excluding carboxylic acids is 3. The van der Waals surface area contributed by atoms with Crippen LogP contribution in [0.4, 0.5) is 32.0 Å². The van der Waals surface area contributed by atoms with Gasteiger partial charge in [0.1, 0.15) is 23.7 Å². The molecule has 1 unspecified atom stereocenters. The molecule has 222 valence electrons. The molecular formula is C25H21Cl2F6N3O5. The van der Waals surface area contributed by atoms with Gasteiger partial charge in [0, 0.05) is 29.8 Å². The summed E-state index contributed by atoms with van der Waals surface area (Å²) in [4.78, 5) is 37.8. The molecule has 0 fully saturated rings. The minimum Gasteiger partial charge on any atom is -0.484 e. The van der Waals surface area contributed by atoms with Gasteiger partial charge in [-0.2, -0.15) is 22.0 Å². The molecule has 8 nitrogen and oxygen atoms in total. The molecule has 2 aromatic rings. The number of nitrogens with one attached hydrogen (secondary N) is 2. The van der Waals surface area contributed by atoms with Crippen LogP contribution in [0.1, 0.15) is 12.8 Å². The van der Waals surface area contributed by atoms with Gasteiger partial charge in [0.15, 0.2) is 12.7 Å². The van der Waals surface area contributed by atoms with Crippen molar-refractivity contribution in [2.45, 2.75) is 31.0 Å². The lowest BCUT2D eigenvalue weighted by molar-refractivity contribution is -0.281. The number of halogens is 8. The third-order valence-electron chi connectivity index (χ3n) is 5.52. The van der Waals surface area contributed by atoms with Crippen LogP contribution in [0.15, 0.2) is 48.7 Å². The highest BCUT2D eigenvalue weighted by molar-refractivity contribution is 6.31. The Bertz CT molecular complexity index is 1340. The second kappa shape index (κ2) is 12.9. The van der Waals surface area contributed by atoms with Gasteiger partial charge in [-0.15, -0.1) is 0 Å². The number of fused-ring (bicyclic) bond motifs is 1. The van der Waals surface area contributed by atoms with Crippen molar-refractivity contribution in [3.8, 4) is 11.5 Å². The molecule has 0 radical (unpaired) electrons. The Hall–Kier alpha value is -3.65. The van der Waals surface area contributed by atoms with Gasteiger partial charge >= 0.3 is 12.1 Å². The summed E-state index contributed by atoms with van der Waals surface area (Å²) in [7, 11) is 0. The molecule has 3 amide bonds. The largest absolute Gasteiger partial charge is 0.484 e. The average molecular weight is 628 g/mol. The second-order valence-electron chi connectivity index (χ2n) is 8.66. The van der Waals surface area contributed by atoms with Crippen molar-refractivity contribution >= 4 is 46.6 Å². The van der Waals surface area contributed by atoms with Crippen molar-refractivity contribution < 1.29 is 50.2 Å². The lowest BCUT2D eigenvalue weighted by Crippen LogP contribution is -2.52. The van der Waals surface area contributed by atoms with E-state index in [2.05, 4.69) is 17.2 Å². The minimum absolute atomic E-state index is 0.0136. The Labute approximate surface area is 239 Å². The number of carbonyl (C=O) groups is 3. The molecule has 0 saturated heterocycles. The molecule has 0 spiro atoms. The first-order chi connectivity index (χ1) is 19.1. The van der Waals surface area contributed by atoms with Crippen LogP contribution in [0, 0.1) is 5.82 Å². The van der Waals surface area contributed by atoms with E-state index in [0.29, 0.717) is 4.90 Å². The summed E-state index contributed by atoms with van der Waals surface area (Å²) in [6.45, 7) is 2.48. The zero-order valence-corrected chi connectivity index (χ0v) is 22.3. The van der Waals surface area contributed by atoms with E-state index >= 15 is 0 Å². The molecular weight excluding hydrogens is 607 g/mol. The number of rotatable bonds is 10. The van der Waals surface area contributed by atoms with E-state index in [9.17, 15) is 40.7 Å². The third kappa shape index (κ3) is 8.43. The quantitative estimate of drug-likeness (QED) is 0.360. The van der Waals surface area contributed by atoms with Gasteiger partial charge in [0.25, 0.3) is 11.8 Å². The number of benzene rings is 2. The molecule has 2 aromatic carbocycles. The first-order valence-corrected chi connectivity index (χ1v) is 12.4. The highest BCUT2D eigenvalue weighted by atomic mass is 35.5. The lowest BCUT2D eigenvalue weighted by Gasteiger charge is -2.35. The fraction of sp³-hybridized carbons (Fsp3) is 0.320. The van der Waals surface area contributed by atoms with Crippen LogP contribution in [0.3, 0.4) is 0 Å². The van der Waals surface area contributed by atoms with Crippen LogP contribution in [-0.4, -0.2) is 55.6 Å².